The van der Waals surface area contributed by atoms with Crippen molar-refractivity contribution in [2.24, 2.45) is 5.92 Å². The summed E-state index contributed by atoms with van der Waals surface area (Å²) in [5.74, 6) is 0.00162. The summed E-state index contributed by atoms with van der Waals surface area (Å²) in [6, 6.07) is 0. The third kappa shape index (κ3) is 8.51. The van der Waals surface area contributed by atoms with Crippen molar-refractivity contribution < 1.29 is 9.53 Å². The molecule has 0 aliphatic rings. The number of allylic oxidation sites excluding steroid dienone is 1. The monoisotopic (exact) mass is 226 g/mol. The predicted octanol–water partition coefficient (Wildman–Crippen LogP) is 4.10. The first-order chi connectivity index (χ1) is 7.72. The lowest BCUT2D eigenvalue weighted by Crippen LogP contribution is -2.14. The standard InChI is InChI=1S/C14H26O2/c1-4-6-7-8-9-10-11-12-16-14(15)13(3)5-2/h4,13H,1,5-12H2,2-3H3. The Balaban J connectivity index is 3.20. The van der Waals surface area contributed by atoms with Crippen LogP contribution in [0.4, 0.5) is 0 Å². The van der Waals surface area contributed by atoms with Gasteiger partial charge in [-0.3, -0.25) is 4.79 Å². The van der Waals surface area contributed by atoms with Gasteiger partial charge in [-0.2, -0.15) is 0 Å². The van der Waals surface area contributed by atoms with E-state index < -0.39 is 0 Å². The summed E-state index contributed by atoms with van der Waals surface area (Å²) < 4.78 is 5.17. The van der Waals surface area contributed by atoms with Gasteiger partial charge in [0.05, 0.1) is 12.5 Å². The average Bonchev–Trinajstić information content (AvgIpc) is 2.31. The molecule has 0 aromatic carbocycles. The molecule has 94 valence electrons. The Labute approximate surface area is 100 Å². The first-order valence-electron chi connectivity index (χ1n) is 6.49. The lowest BCUT2D eigenvalue weighted by molar-refractivity contribution is -0.148. The summed E-state index contributed by atoms with van der Waals surface area (Å²) >= 11 is 0. The number of carbonyl (C=O) groups excluding carboxylic acids is 1. The minimum atomic E-state index is -0.0471. The first kappa shape index (κ1) is 15.2. The van der Waals surface area contributed by atoms with E-state index in [1.807, 2.05) is 19.9 Å². The highest BCUT2D eigenvalue weighted by Crippen LogP contribution is 2.07. The molecule has 1 atom stereocenters. The average molecular weight is 226 g/mol. The third-order valence-electron chi connectivity index (χ3n) is 2.81. The molecule has 0 aromatic rings. The highest BCUT2D eigenvalue weighted by atomic mass is 16.5. The maximum Gasteiger partial charge on any atom is 0.308 e. The van der Waals surface area contributed by atoms with E-state index >= 15 is 0 Å². The number of esters is 1. The summed E-state index contributed by atoms with van der Waals surface area (Å²) in [6.07, 6.45) is 9.81. The molecule has 0 aromatic heterocycles. The number of unbranched alkanes of at least 4 members (excludes halogenated alkanes) is 5. The molecule has 0 saturated heterocycles. The van der Waals surface area contributed by atoms with Gasteiger partial charge in [-0.15, -0.1) is 6.58 Å². The van der Waals surface area contributed by atoms with Crippen LogP contribution >= 0.6 is 0 Å². The largest absolute Gasteiger partial charge is 0.465 e. The van der Waals surface area contributed by atoms with Gasteiger partial charge in [0.2, 0.25) is 0 Å². The Bertz CT molecular complexity index is 187. The Morgan fingerprint density at radius 2 is 1.88 bits per heavy atom. The molecule has 0 heterocycles. The van der Waals surface area contributed by atoms with E-state index in [9.17, 15) is 4.79 Å². The van der Waals surface area contributed by atoms with E-state index in [2.05, 4.69) is 6.58 Å². The smallest absolute Gasteiger partial charge is 0.308 e. The number of hydrogen-bond donors (Lipinski definition) is 0. The van der Waals surface area contributed by atoms with Crippen molar-refractivity contribution >= 4 is 5.97 Å². The summed E-state index contributed by atoms with van der Waals surface area (Å²) in [5, 5.41) is 0. The molecular weight excluding hydrogens is 200 g/mol. The Morgan fingerprint density at radius 1 is 1.25 bits per heavy atom. The molecule has 0 fully saturated rings. The number of hydrogen-bond acceptors (Lipinski definition) is 2. The van der Waals surface area contributed by atoms with Crippen molar-refractivity contribution in [1.82, 2.24) is 0 Å². The molecule has 0 amide bonds. The van der Waals surface area contributed by atoms with Crippen LogP contribution in [0.1, 0.15) is 58.8 Å². The SMILES string of the molecule is C=CCCCCCCCOC(=O)C(C)CC. The second-order valence-corrected chi connectivity index (χ2v) is 4.32. The topological polar surface area (TPSA) is 26.3 Å². The normalized spacial score (nSPS) is 12.1. The van der Waals surface area contributed by atoms with Gasteiger partial charge in [-0.1, -0.05) is 39.2 Å². The van der Waals surface area contributed by atoms with Gasteiger partial charge in [0.1, 0.15) is 0 Å². The maximum absolute atomic E-state index is 11.3. The van der Waals surface area contributed by atoms with Crippen LogP contribution in [0, 0.1) is 5.92 Å². The quantitative estimate of drug-likeness (QED) is 0.318. The van der Waals surface area contributed by atoms with Crippen molar-refractivity contribution in [1.29, 1.82) is 0 Å². The van der Waals surface area contributed by atoms with Crippen LogP contribution in [-0.2, 0) is 9.53 Å². The van der Waals surface area contributed by atoms with E-state index in [1.165, 1.54) is 19.3 Å². The predicted molar refractivity (Wildman–Crippen MR) is 68.3 cm³/mol. The minimum absolute atomic E-state index is 0.0471. The maximum atomic E-state index is 11.3. The zero-order chi connectivity index (χ0) is 12.2. The summed E-state index contributed by atoms with van der Waals surface area (Å²) in [6.45, 7) is 8.20. The van der Waals surface area contributed by atoms with Crippen LogP contribution in [0.2, 0.25) is 0 Å². The summed E-state index contributed by atoms with van der Waals surface area (Å²) in [4.78, 5) is 11.3. The Morgan fingerprint density at radius 3 is 2.50 bits per heavy atom. The summed E-state index contributed by atoms with van der Waals surface area (Å²) in [7, 11) is 0. The lowest BCUT2D eigenvalue weighted by Gasteiger charge is -2.08. The van der Waals surface area contributed by atoms with E-state index in [-0.39, 0.29) is 11.9 Å². The number of ether oxygens (including phenoxy) is 1. The number of rotatable bonds is 10. The fourth-order valence-corrected chi connectivity index (χ4v) is 1.40. The van der Waals surface area contributed by atoms with Crippen LogP contribution in [-0.4, -0.2) is 12.6 Å². The molecule has 0 aliphatic carbocycles. The van der Waals surface area contributed by atoms with Crippen molar-refractivity contribution in [2.75, 3.05) is 6.61 Å². The highest BCUT2D eigenvalue weighted by Gasteiger charge is 2.10. The fourth-order valence-electron chi connectivity index (χ4n) is 1.40. The minimum Gasteiger partial charge on any atom is -0.465 e. The molecule has 0 saturated carbocycles. The van der Waals surface area contributed by atoms with Crippen LogP contribution in [0.15, 0.2) is 12.7 Å². The second-order valence-electron chi connectivity index (χ2n) is 4.32. The van der Waals surface area contributed by atoms with Gasteiger partial charge in [0, 0.05) is 0 Å². The van der Waals surface area contributed by atoms with Gasteiger partial charge < -0.3 is 4.74 Å². The van der Waals surface area contributed by atoms with Crippen LogP contribution < -0.4 is 0 Å². The van der Waals surface area contributed by atoms with Gasteiger partial charge in [-0.05, 0) is 25.7 Å². The molecule has 0 spiro atoms. The lowest BCUT2D eigenvalue weighted by atomic mass is 10.1. The Hall–Kier alpha value is -0.790. The van der Waals surface area contributed by atoms with Crippen LogP contribution in [0.5, 0.6) is 0 Å². The van der Waals surface area contributed by atoms with Crippen LogP contribution in [0.3, 0.4) is 0 Å². The van der Waals surface area contributed by atoms with Crippen molar-refractivity contribution in [3.8, 4) is 0 Å². The molecule has 2 heteroatoms. The zero-order valence-electron chi connectivity index (χ0n) is 10.8. The van der Waals surface area contributed by atoms with Crippen LogP contribution in [0.25, 0.3) is 0 Å². The molecule has 1 unspecified atom stereocenters. The van der Waals surface area contributed by atoms with Crippen molar-refractivity contribution in [3.63, 3.8) is 0 Å². The molecule has 0 rings (SSSR count). The number of carbonyl (C=O) groups is 1. The molecule has 0 bridgehead atoms. The zero-order valence-corrected chi connectivity index (χ0v) is 10.8. The second kappa shape index (κ2) is 10.7. The molecule has 0 N–H and O–H groups in total. The third-order valence-corrected chi connectivity index (χ3v) is 2.81. The van der Waals surface area contributed by atoms with Gasteiger partial charge >= 0.3 is 5.97 Å². The molecule has 0 aliphatic heterocycles. The molecule has 0 radical (unpaired) electrons. The first-order valence-corrected chi connectivity index (χ1v) is 6.49. The highest BCUT2D eigenvalue weighted by molar-refractivity contribution is 5.71. The van der Waals surface area contributed by atoms with E-state index in [0.29, 0.717) is 6.61 Å². The van der Waals surface area contributed by atoms with E-state index in [1.54, 1.807) is 0 Å². The molecular formula is C14H26O2. The fraction of sp³-hybridized carbons (Fsp3) is 0.786. The van der Waals surface area contributed by atoms with E-state index in [0.717, 1.165) is 25.7 Å². The Kier molecular flexibility index (Phi) is 10.2. The van der Waals surface area contributed by atoms with Gasteiger partial charge in [0.25, 0.3) is 0 Å². The van der Waals surface area contributed by atoms with Gasteiger partial charge in [-0.25, -0.2) is 0 Å². The molecule has 16 heavy (non-hydrogen) atoms. The summed E-state index contributed by atoms with van der Waals surface area (Å²) in [5.41, 5.74) is 0. The van der Waals surface area contributed by atoms with Gasteiger partial charge in [0.15, 0.2) is 0 Å². The van der Waals surface area contributed by atoms with Crippen molar-refractivity contribution in [3.05, 3.63) is 12.7 Å². The van der Waals surface area contributed by atoms with Crippen molar-refractivity contribution in [2.45, 2.75) is 58.8 Å². The van der Waals surface area contributed by atoms with E-state index in [4.69, 9.17) is 4.74 Å². The molecule has 2 nitrogen and oxygen atoms in total.